The zero-order valence-electron chi connectivity index (χ0n) is 17.9. The molecule has 32 heavy (non-hydrogen) atoms. The molecule has 1 aliphatic rings. The van der Waals surface area contributed by atoms with Crippen LogP contribution in [0.3, 0.4) is 0 Å². The van der Waals surface area contributed by atoms with E-state index in [2.05, 4.69) is 20.4 Å². The summed E-state index contributed by atoms with van der Waals surface area (Å²) in [5.74, 6) is -1.37. The smallest absolute Gasteiger partial charge is 0.197 e. The van der Waals surface area contributed by atoms with Gasteiger partial charge in [-0.25, -0.2) is 0 Å². The van der Waals surface area contributed by atoms with Gasteiger partial charge in [-0.15, -0.1) is 0 Å². The van der Waals surface area contributed by atoms with E-state index < -0.39 is 11.5 Å². The van der Waals surface area contributed by atoms with Crippen molar-refractivity contribution >= 4 is 11.0 Å². The third kappa shape index (κ3) is 3.58. The predicted molar refractivity (Wildman–Crippen MR) is 120 cm³/mol. The van der Waals surface area contributed by atoms with Crippen LogP contribution in [-0.2, 0) is 6.42 Å². The fourth-order valence-corrected chi connectivity index (χ4v) is 4.56. The molecule has 1 aliphatic carbocycles. The lowest BCUT2D eigenvalue weighted by Gasteiger charge is -2.42. The molecule has 2 atom stereocenters. The number of fused-ring (bicyclic) bond motifs is 1. The summed E-state index contributed by atoms with van der Waals surface area (Å²) in [7, 11) is 0. The fraction of sp³-hybridized carbons (Fsp3) is 0.320. The third-order valence-corrected chi connectivity index (χ3v) is 6.62. The summed E-state index contributed by atoms with van der Waals surface area (Å²) in [6.45, 7) is 8.14. The molecule has 168 valence electrons. The Morgan fingerprint density at radius 3 is 2.47 bits per heavy atom. The van der Waals surface area contributed by atoms with Crippen LogP contribution in [0.1, 0.15) is 32.3 Å². The average molecular weight is 438 g/mol. The highest BCUT2D eigenvalue weighted by molar-refractivity contribution is 5.88. The van der Waals surface area contributed by atoms with E-state index in [-0.39, 0.29) is 63.0 Å². The lowest BCUT2D eigenvalue weighted by Crippen LogP contribution is -2.37. The minimum atomic E-state index is -0.646. The highest BCUT2D eigenvalue weighted by Crippen LogP contribution is 2.47. The SMILES string of the molecule is C=C1[C@@H](O)CCC(C)(C)[C@H]1Cc1c(O)cc2oc(-c3ccc(O)c(O)c3)cc(=O)c2c1O. The van der Waals surface area contributed by atoms with Crippen molar-refractivity contribution in [3.8, 4) is 34.3 Å². The van der Waals surface area contributed by atoms with Crippen molar-refractivity contribution in [3.63, 3.8) is 0 Å². The van der Waals surface area contributed by atoms with Crippen molar-refractivity contribution in [3.05, 3.63) is 58.3 Å². The van der Waals surface area contributed by atoms with E-state index in [1.165, 1.54) is 30.3 Å². The summed E-state index contributed by atoms with van der Waals surface area (Å²) in [4.78, 5) is 12.9. The Balaban J connectivity index is 1.81. The van der Waals surface area contributed by atoms with Crippen molar-refractivity contribution in [2.45, 2.75) is 39.2 Å². The van der Waals surface area contributed by atoms with Crippen LogP contribution in [0.15, 0.2) is 51.7 Å². The van der Waals surface area contributed by atoms with Crippen molar-refractivity contribution in [2.24, 2.45) is 11.3 Å². The monoisotopic (exact) mass is 438 g/mol. The molecule has 1 heterocycles. The van der Waals surface area contributed by atoms with E-state index in [0.717, 1.165) is 6.42 Å². The van der Waals surface area contributed by atoms with Gasteiger partial charge in [0.15, 0.2) is 16.9 Å². The first-order valence-electron chi connectivity index (χ1n) is 10.4. The van der Waals surface area contributed by atoms with Gasteiger partial charge in [0.2, 0.25) is 0 Å². The lowest BCUT2D eigenvalue weighted by molar-refractivity contribution is 0.0864. The molecular weight excluding hydrogens is 412 g/mol. The molecule has 4 rings (SSSR count). The van der Waals surface area contributed by atoms with Crippen LogP contribution < -0.4 is 5.43 Å². The van der Waals surface area contributed by atoms with E-state index in [1.807, 2.05) is 0 Å². The number of benzene rings is 2. The minimum Gasteiger partial charge on any atom is -0.507 e. The Hall–Kier alpha value is -3.45. The van der Waals surface area contributed by atoms with Crippen LogP contribution in [0.5, 0.6) is 23.0 Å². The number of aliphatic hydroxyl groups is 1. The first-order valence-corrected chi connectivity index (χ1v) is 10.4. The molecule has 5 N–H and O–H groups in total. The highest BCUT2D eigenvalue weighted by atomic mass is 16.3. The molecule has 0 amide bonds. The quantitative estimate of drug-likeness (QED) is 0.306. The number of phenolic OH excluding ortho intramolecular Hbond substituents is 4. The number of rotatable bonds is 3. The van der Waals surface area contributed by atoms with Gasteiger partial charge in [-0.3, -0.25) is 4.79 Å². The van der Waals surface area contributed by atoms with Crippen LogP contribution in [-0.4, -0.2) is 31.6 Å². The third-order valence-electron chi connectivity index (χ3n) is 6.62. The molecule has 0 radical (unpaired) electrons. The minimum absolute atomic E-state index is 0.0134. The average Bonchev–Trinajstić information content (AvgIpc) is 2.71. The van der Waals surface area contributed by atoms with E-state index in [4.69, 9.17) is 4.42 Å². The van der Waals surface area contributed by atoms with Crippen LogP contribution in [0.2, 0.25) is 0 Å². The summed E-state index contributed by atoms with van der Waals surface area (Å²) in [5.41, 5.74) is 0.453. The highest BCUT2D eigenvalue weighted by Gasteiger charge is 2.39. The van der Waals surface area contributed by atoms with Crippen molar-refractivity contribution in [2.75, 3.05) is 0 Å². The summed E-state index contributed by atoms with van der Waals surface area (Å²) in [6, 6.07) is 6.44. The second-order valence-electron chi connectivity index (χ2n) is 9.15. The molecule has 0 unspecified atom stereocenters. The molecule has 1 fully saturated rings. The maximum absolute atomic E-state index is 12.9. The fourth-order valence-electron chi connectivity index (χ4n) is 4.56. The van der Waals surface area contributed by atoms with Crippen molar-refractivity contribution in [1.82, 2.24) is 0 Å². The van der Waals surface area contributed by atoms with Gasteiger partial charge in [0.05, 0.1) is 6.10 Å². The molecular formula is C25H26O7. The standard InChI is InChI=1S/C25H26O7/c1-12-15(25(2,3)7-6-16(12)26)9-14-18(28)10-22-23(24(14)31)20(30)11-21(32-22)13-4-5-17(27)19(29)8-13/h4-5,8,10-11,15-16,26-29,31H,1,6-7,9H2,2-3H3/t15-,16-/m0/s1. The number of hydrogen-bond donors (Lipinski definition) is 5. The Bertz CT molecular complexity index is 1290. The van der Waals surface area contributed by atoms with Gasteiger partial charge in [-0.2, -0.15) is 0 Å². The first-order chi connectivity index (χ1) is 15.0. The largest absolute Gasteiger partial charge is 0.507 e. The molecule has 0 saturated heterocycles. The topological polar surface area (TPSA) is 131 Å². The number of aromatic hydroxyl groups is 4. The Labute approximate surface area is 184 Å². The van der Waals surface area contributed by atoms with Crippen molar-refractivity contribution < 1.29 is 29.9 Å². The van der Waals surface area contributed by atoms with Gasteiger partial charge in [-0.1, -0.05) is 20.4 Å². The second kappa shape index (κ2) is 7.60. The Morgan fingerprint density at radius 1 is 1.06 bits per heavy atom. The maximum Gasteiger partial charge on any atom is 0.197 e. The van der Waals surface area contributed by atoms with Crippen LogP contribution in [0.25, 0.3) is 22.3 Å². The Morgan fingerprint density at radius 2 is 1.78 bits per heavy atom. The van der Waals surface area contributed by atoms with E-state index in [9.17, 15) is 30.3 Å². The molecule has 0 aliphatic heterocycles. The zero-order valence-corrected chi connectivity index (χ0v) is 17.9. The summed E-state index contributed by atoms with van der Waals surface area (Å²) >= 11 is 0. The van der Waals surface area contributed by atoms with Gasteiger partial charge in [-0.05, 0) is 54.4 Å². The van der Waals surface area contributed by atoms with Crippen LogP contribution in [0, 0.1) is 11.3 Å². The molecule has 1 saturated carbocycles. The summed E-state index contributed by atoms with van der Waals surface area (Å²) in [6.07, 6.45) is 0.936. The van der Waals surface area contributed by atoms with Gasteiger partial charge in [0.1, 0.15) is 28.2 Å². The van der Waals surface area contributed by atoms with E-state index in [0.29, 0.717) is 17.6 Å². The second-order valence-corrected chi connectivity index (χ2v) is 9.15. The van der Waals surface area contributed by atoms with Gasteiger partial charge in [0, 0.05) is 23.3 Å². The van der Waals surface area contributed by atoms with Crippen LogP contribution in [0.4, 0.5) is 0 Å². The summed E-state index contributed by atoms with van der Waals surface area (Å²) in [5, 5.41) is 51.0. The van der Waals surface area contributed by atoms with E-state index >= 15 is 0 Å². The summed E-state index contributed by atoms with van der Waals surface area (Å²) < 4.78 is 5.74. The van der Waals surface area contributed by atoms with Gasteiger partial charge in [0.25, 0.3) is 0 Å². The molecule has 0 bridgehead atoms. The van der Waals surface area contributed by atoms with Crippen LogP contribution >= 0.6 is 0 Å². The maximum atomic E-state index is 12.9. The lowest BCUT2D eigenvalue weighted by atomic mass is 9.64. The number of aliphatic hydroxyl groups excluding tert-OH is 1. The normalized spacial score (nSPS) is 20.5. The van der Waals surface area contributed by atoms with E-state index in [1.54, 1.807) is 0 Å². The molecule has 1 aromatic heterocycles. The zero-order chi connectivity index (χ0) is 23.4. The van der Waals surface area contributed by atoms with Gasteiger partial charge < -0.3 is 29.9 Å². The first kappa shape index (κ1) is 21.8. The Kier molecular flexibility index (Phi) is 5.17. The molecule has 2 aromatic carbocycles. The molecule has 7 heteroatoms. The van der Waals surface area contributed by atoms with Crippen molar-refractivity contribution in [1.29, 1.82) is 0 Å². The number of hydrogen-bond acceptors (Lipinski definition) is 7. The molecule has 7 nitrogen and oxygen atoms in total. The molecule has 3 aromatic rings. The molecule has 0 spiro atoms. The van der Waals surface area contributed by atoms with Gasteiger partial charge >= 0.3 is 0 Å². The number of phenols is 4. The predicted octanol–water partition coefficient (Wildman–Crippen LogP) is 4.18.